The summed E-state index contributed by atoms with van der Waals surface area (Å²) in [6.07, 6.45) is 3.43. The maximum Gasteiger partial charge on any atom is 0.134 e. The highest BCUT2D eigenvalue weighted by molar-refractivity contribution is 5.37. The van der Waals surface area contributed by atoms with Crippen LogP contribution in [0.4, 0.5) is 5.82 Å². The lowest BCUT2D eigenvalue weighted by molar-refractivity contribution is 0.414. The summed E-state index contributed by atoms with van der Waals surface area (Å²) in [6, 6.07) is 10.2. The van der Waals surface area contributed by atoms with Crippen LogP contribution >= 0.6 is 0 Å². The zero-order valence-electron chi connectivity index (χ0n) is 12.6. The number of benzene rings is 1. The van der Waals surface area contributed by atoms with Gasteiger partial charge in [0.2, 0.25) is 0 Å². The molecule has 1 aliphatic rings. The Hall–Kier alpha value is -2.10. The van der Waals surface area contributed by atoms with Crippen molar-refractivity contribution in [1.82, 2.24) is 9.97 Å². The number of hydrogen-bond donors (Lipinski definition) is 1. The van der Waals surface area contributed by atoms with Crippen molar-refractivity contribution in [3.63, 3.8) is 0 Å². The van der Waals surface area contributed by atoms with Crippen molar-refractivity contribution in [3.05, 3.63) is 47.4 Å². The number of nitrogens with one attached hydrogen (secondary N) is 1. The Kier molecular flexibility index (Phi) is 4.04. The predicted molar refractivity (Wildman–Crippen MR) is 83.9 cm³/mol. The fourth-order valence-corrected chi connectivity index (χ4v) is 2.33. The Morgan fingerprint density at radius 3 is 2.62 bits per heavy atom. The molecule has 4 nitrogen and oxygen atoms in total. The quantitative estimate of drug-likeness (QED) is 0.883. The van der Waals surface area contributed by atoms with E-state index < -0.39 is 0 Å². The lowest BCUT2D eigenvalue weighted by Gasteiger charge is -2.08. The third-order valence-corrected chi connectivity index (χ3v) is 3.69. The third-order valence-electron chi connectivity index (χ3n) is 3.69. The number of nitrogens with zero attached hydrogens (tertiary/aromatic N) is 2. The zero-order valence-corrected chi connectivity index (χ0v) is 12.6. The van der Waals surface area contributed by atoms with Crippen LogP contribution in [-0.4, -0.2) is 23.6 Å². The highest BCUT2D eigenvalue weighted by Crippen LogP contribution is 2.38. The molecule has 0 bridgehead atoms. The van der Waals surface area contributed by atoms with Gasteiger partial charge in [-0.05, 0) is 43.9 Å². The van der Waals surface area contributed by atoms with Crippen LogP contribution in [0.3, 0.4) is 0 Å². The van der Waals surface area contributed by atoms with Gasteiger partial charge in [-0.1, -0.05) is 12.1 Å². The van der Waals surface area contributed by atoms with Crippen LogP contribution in [-0.2, 0) is 6.42 Å². The minimum absolute atomic E-state index is 0.590. The van der Waals surface area contributed by atoms with Gasteiger partial charge in [0, 0.05) is 24.2 Å². The number of hydrogen-bond acceptors (Lipinski definition) is 4. The molecule has 1 aromatic carbocycles. The maximum atomic E-state index is 5.17. The molecule has 2 aromatic rings. The molecule has 1 aromatic heterocycles. The molecule has 0 amide bonds. The van der Waals surface area contributed by atoms with Gasteiger partial charge < -0.3 is 10.1 Å². The third kappa shape index (κ3) is 3.72. The Bertz CT molecular complexity index is 606. The molecule has 1 saturated carbocycles. The van der Waals surface area contributed by atoms with Crippen molar-refractivity contribution in [1.29, 1.82) is 0 Å². The topological polar surface area (TPSA) is 47.0 Å². The number of aryl methyl sites for hydroxylation is 1. The number of ether oxygens (including phenoxy) is 1. The summed E-state index contributed by atoms with van der Waals surface area (Å²) in [5.74, 6) is 3.43. The summed E-state index contributed by atoms with van der Waals surface area (Å²) in [4.78, 5) is 9.13. The van der Waals surface area contributed by atoms with Crippen LogP contribution in [0.2, 0.25) is 0 Å². The van der Waals surface area contributed by atoms with E-state index >= 15 is 0 Å². The molecular weight excluding hydrogens is 262 g/mol. The monoisotopic (exact) mass is 283 g/mol. The molecule has 0 radical (unpaired) electrons. The Balaban J connectivity index is 1.57. The number of rotatable bonds is 6. The number of aromatic nitrogens is 2. The van der Waals surface area contributed by atoms with E-state index in [0.29, 0.717) is 5.92 Å². The molecule has 0 aliphatic heterocycles. The molecule has 21 heavy (non-hydrogen) atoms. The van der Waals surface area contributed by atoms with E-state index in [0.717, 1.165) is 36.1 Å². The summed E-state index contributed by atoms with van der Waals surface area (Å²) < 4.78 is 5.17. The zero-order chi connectivity index (χ0) is 14.7. The van der Waals surface area contributed by atoms with Gasteiger partial charge >= 0.3 is 0 Å². The van der Waals surface area contributed by atoms with E-state index in [2.05, 4.69) is 27.4 Å². The van der Waals surface area contributed by atoms with E-state index in [1.54, 1.807) is 7.11 Å². The van der Waals surface area contributed by atoms with Crippen molar-refractivity contribution >= 4 is 5.82 Å². The Morgan fingerprint density at radius 1 is 1.19 bits per heavy atom. The minimum Gasteiger partial charge on any atom is -0.497 e. The summed E-state index contributed by atoms with van der Waals surface area (Å²) >= 11 is 0. The maximum absolute atomic E-state index is 5.17. The fourth-order valence-electron chi connectivity index (χ4n) is 2.33. The molecule has 0 spiro atoms. The van der Waals surface area contributed by atoms with Gasteiger partial charge in [0.05, 0.1) is 7.11 Å². The van der Waals surface area contributed by atoms with Gasteiger partial charge in [-0.2, -0.15) is 0 Å². The minimum atomic E-state index is 0.590. The predicted octanol–water partition coefficient (Wildman–Crippen LogP) is 3.33. The Labute approximate surface area is 125 Å². The lowest BCUT2D eigenvalue weighted by atomic mass is 10.1. The van der Waals surface area contributed by atoms with E-state index in [4.69, 9.17) is 4.74 Å². The summed E-state index contributed by atoms with van der Waals surface area (Å²) in [7, 11) is 1.69. The average Bonchev–Trinajstić information content (AvgIpc) is 3.32. The van der Waals surface area contributed by atoms with E-state index in [1.807, 2.05) is 25.1 Å². The Morgan fingerprint density at radius 2 is 1.95 bits per heavy atom. The molecule has 0 atom stereocenters. The van der Waals surface area contributed by atoms with Crippen LogP contribution in [0, 0.1) is 6.92 Å². The summed E-state index contributed by atoms with van der Waals surface area (Å²) in [6.45, 7) is 2.90. The van der Waals surface area contributed by atoms with E-state index in [1.165, 1.54) is 18.4 Å². The SMILES string of the molecule is COc1ccc(CCNc2cc(C)nc(C3CC3)n2)cc1. The second-order valence-corrected chi connectivity index (χ2v) is 5.55. The van der Waals surface area contributed by atoms with Crippen molar-refractivity contribution in [2.45, 2.75) is 32.1 Å². The normalized spacial score (nSPS) is 14.0. The van der Waals surface area contributed by atoms with Crippen LogP contribution in [0.5, 0.6) is 5.75 Å². The van der Waals surface area contributed by atoms with E-state index in [-0.39, 0.29) is 0 Å². The summed E-state index contributed by atoms with van der Waals surface area (Å²) in [5.41, 5.74) is 2.33. The highest BCUT2D eigenvalue weighted by Gasteiger charge is 2.26. The number of anilines is 1. The van der Waals surface area contributed by atoms with Crippen LogP contribution < -0.4 is 10.1 Å². The standard InChI is InChI=1S/C17H21N3O/c1-12-11-16(20-17(19-12)14-5-6-14)18-10-9-13-3-7-15(21-2)8-4-13/h3-4,7-8,11,14H,5-6,9-10H2,1-2H3,(H,18,19,20). The number of methoxy groups -OCH3 is 1. The lowest BCUT2D eigenvalue weighted by Crippen LogP contribution is -2.08. The van der Waals surface area contributed by atoms with Crippen molar-refractivity contribution in [2.75, 3.05) is 19.0 Å². The van der Waals surface area contributed by atoms with Gasteiger partial charge in [0.1, 0.15) is 17.4 Å². The van der Waals surface area contributed by atoms with Gasteiger partial charge in [0.15, 0.2) is 0 Å². The van der Waals surface area contributed by atoms with Gasteiger partial charge in [-0.15, -0.1) is 0 Å². The van der Waals surface area contributed by atoms with E-state index in [9.17, 15) is 0 Å². The molecule has 110 valence electrons. The molecule has 1 N–H and O–H groups in total. The van der Waals surface area contributed by atoms with Gasteiger partial charge in [-0.3, -0.25) is 0 Å². The first kappa shape index (κ1) is 13.9. The summed E-state index contributed by atoms with van der Waals surface area (Å²) in [5, 5.41) is 3.40. The largest absolute Gasteiger partial charge is 0.497 e. The van der Waals surface area contributed by atoms with Crippen molar-refractivity contribution < 1.29 is 4.74 Å². The fraction of sp³-hybridized carbons (Fsp3) is 0.412. The highest BCUT2D eigenvalue weighted by atomic mass is 16.5. The molecule has 3 rings (SSSR count). The van der Waals surface area contributed by atoms with Gasteiger partial charge in [0.25, 0.3) is 0 Å². The molecule has 4 heteroatoms. The first-order valence-electron chi connectivity index (χ1n) is 7.47. The second kappa shape index (κ2) is 6.12. The first-order valence-corrected chi connectivity index (χ1v) is 7.47. The van der Waals surface area contributed by atoms with Crippen LogP contribution in [0.15, 0.2) is 30.3 Å². The molecule has 1 heterocycles. The average molecular weight is 283 g/mol. The van der Waals surface area contributed by atoms with Crippen molar-refractivity contribution in [2.24, 2.45) is 0 Å². The molecule has 1 aliphatic carbocycles. The van der Waals surface area contributed by atoms with Crippen LogP contribution in [0.25, 0.3) is 0 Å². The molecule has 0 saturated heterocycles. The molecule has 0 unspecified atom stereocenters. The molecule has 1 fully saturated rings. The van der Waals surface area contributed by atoms with Gasteiger partial charge in [-0.25, -0.2) is 9.97 Å². The smallest absolute Gasteiger partial charge is 0.134 e. The first-order chi connectivity index (χ1) is 10.2. The second-order valence-electron chi connectivity index (χ2n) is 5.55. The molecular formula is C17H21N3O. The van der Waals surface area contributed by atoms with Crippen molar-refractivity contribution in [3.8, 4) is 5.75 Å². The van der Waals surface area contributed by atoms with Crippen LogP contribution in [0.1, 0.15) is 35.8 Å².